The van der Waals surface area contributed by atoms with Crippen LogP contribution in [-0.4, -0.2) is 73.1 Å². The van der Waals surface area contributed by atoms with Crippen molar-refractivity contribution in [3.63, 3.8) is 0 Å². The van der Waals surface area contributed by atoms with Crippen LogP contribution in [0, 0.1) is 0 Å². The fourth-order valence-electron chi connectivity index (χ4n) is 4.97. The van der Waals surface area contributed by atoms with Crippen LogP contribution in [0.3, 0.4) is 0 Å². The minimum Gasteiger partial charge on any atom is -0.507 e. The van der Waals surface area contributed by atoms with Gasteiger partial charge >= 0.3 is 0 Å². The SMILES string of the molecule is C=CCOc1ccc([C@@H]2/C(=C(\O)c3ccc4c(c3)C[C@H](C)O4)C(=O)C(=O)N2CCCN(C)C)cc1OCC. The van der Waals surface area contributed by atoms with Crippen molar-refractivity contribution < 1.29 is 28.9 Å². The Bertz CT molecular complexity index is 1250. The van der Waals surface area contributed by atoms with Gasteiger partial charge in [-0.1, -0.05) is 18.7 Å². The van der Waals surface area contributed by atoms with Crippen LogP contribution in [0.2, 0.25) is 0 Å². The van der Waals surface area contributed by atoms with E-state index in [1.54, 1.807) is 35.2 Å². The van der Waals surface area contributed by atoms with E-state index in [1.165, 1.54) is 0 Å². The molecule has 8 nitrogen and oxygen atoms in total. The summed E-state index contributed by atoms with van der Waals surface area (Å²) in [7, 11) is 3.92. The molecule has 38 heavy (non-hydrogen) atoms. The van der Waals surface area contributed by atoms with Gasteiger partial charge in [-0.15, -0.1) is 0 Å². The number of ketones is 1. The zero-order valence-electron chi connectivity index (χ0n) is 22.5. The number of likely N-dealkylation sites (tertiary alicyclic amines) is 1. The van der Waals surface area contributed by atoms with E-state index in [0.29, 0.717) is 55.2 Å². The standard InChI is InChI=1S/C30H36N2O6/c1-6-15-37-24-12-9-20(18-25(24)36-7-2)27-26(29(34)30(35)32(27)14-8-13-31(4)5)28(33)21-10-11-23-22(17-21)16-19(3)38-23/h6,9-12,17-19,27,33H,1,7-8,13-16H2,2-5H3/b28-26+/t19-,27+/m0/s1. The van der Waals surface area contributed by atoms with Crippen molar-refractivity contribution in [3.05, 3.63) is 71.3 Å². The summed E-state index contributed by atoms with van der Waals surface area (Å²) in [4.78, 5) is 30.3. The Balaban J connectivity index is 1.81. The van der Waals surface area contributed by atoms with E-state index in [-0.39, 0.29) is 17.4 Å². The second kappa shape index (κ2) is 11.7. The summed E-state index contributed by atoms with van der Waals surface area (Å²) in [6.07, 6.45) is 3.07. The first-order valence-corrected chi connectivity index (χ1v) is 13.0. The monoisotopic (exact) mass is 520 g/mol. The molecule has 2 aliphatic heterocycles. The fraction of sp³-hybridized carbons (Fsp3) is 0.400. The third-order valence-corrected chi connectivity index (χ3v) is 6.65. The van der Waals surface area contributed by atoms with Gasteiger partial charge in [-0.25, -0.2) is 0 Å². The number of aliphatic hydroxyl groups is 1. The van der Waals surface area contributed by atoms with Gasteiger partial charge in [0.15, 0.2) is 11.5 Å². The highest BCUT2D eigenvalue weighted by molar-refractivity contribution is 6.46. The van der Waals surface area contributed by atoms with E-state index in [2.05, 4.69) is 6.58 Å². The van der Waals surface area contributed by atoms with Crippen LogP contribution >= 0.6 is 0 Å². The normalized spacial score (nSPS) is 20.0. The van der Waals surface area contributed by atoms with Gasteiger partial charge in [-0.2, -0.15) is 0 Å². The highest BCUT2D eigenvalue weighted by atomic mass is 16.5. The molecule has 2 heterocycles. The molecule has 1 amide bonds. The predicted molar refractivity (Wildman–Crippen MR) is 146 cm³/mol. The molecule has 1 N–H and O–H groups in total. The highest BCUT2D eigenvalue weighted by Gasteiger charge is 2.46. The van der Waals surface area contributed by atoms with Gasteiger partial charge in [0.25, 0.3) is 11.7 Å². The molecule has 0 unspecified atom stereocenters. The Hall–Kier alpha value is -3.78. The third kappa shape index (κ3) is 5.55. The summed E-state index contributed by atoms with van der Waals surface area (Å²) in [5.74, 6) is 0.273. The minimum absolute atomic E-state index is 0.0449. The molecule has 2 aromatic rings. The molecule has 2 aromatic carbocycles. The number of carbonyl (C=O) groups excluding carboxylic acids is 2. The second-order valence-corrected chi connectivity index (χ2v) is 9.84. The summed E-state index contributed by atoms with van der Waals surface area (Å²) in [6.45, 7) is 9.37. The molecular formula is C30H36N2O6. The van der Waals surface area contributed by atoms with E-state index in [4.69, 9.17) is 14.2 Å². The lowest BCUT2D eigenvalue weighted by Gasteiger charge is -2.26. The number of nitrogens with zero attached hydrogens (tertiary/aromatic N) is 2. The molecular weight excluding hydrogens is 484 g/mol. The fourth-order valence-corrected chi connectivity index (χ4v) is 4.97. The Labute approximate surface area is 224 Å². The summed E-state index contributed by atoms with van der Waals surface area (Å²) in [5, 5.41) is 11.5. The maximum Gasteiger partial charge on any atom is 0.295 e. The number of hydrogen-bond acceptors (Lipinski definition) is 7. The molecule has 8 heteroatoms. The first kappa shape index (κ1) is 27.3. The van der Waals surface area contributed by atoms with Crippen LogP contribution in [0.1, 0.15) is 43.0 Å². The molecule has 202 valence electrons. The van der Waals surface area contributed by atoms with Crippen molar-refractivity contribution in [2.24, 2.45) is 0 Å². The summed E-state index contributed by atoms with van der Waals surface area (Å²) in [5.41, 5.74) is 2.16. The zero-order chi connectivity index (χ0) is 27.4. The Kier molecular flexibility index (Phi) is 8.42. The van der Waals surface area contributed by atoms with Gasteiger partial charge in [0.05, 0.1) is 18.2 Å². The first-order valence-electron chi connectivity index (χ1n) is 13.0. The molecule has 1 fully saturated rings. The maximum atomic E-state index is 13.4. The molecule has 0 radical (unpaired) electrons. The Morgan fingerprint density at radius 3 is 2.68 bits per heavy atom. The van der Waals surface area contributed by atoms with Crippen LogP contribution < -0.4 is 14.2 Å². The average Bonchev–Trinajstić information content (AvgIpc) is 3.38. The van der Waals surface area contributed by atoms with Crippen LogP contribution in [0.15, 0.2) is 54.6 Å². The van der Waals surface area contributed by atoms with E-state index in [9.17, 15) is 14.7 Å². The maximum absolute atomic E-state index is 13.4. The number of amides is 1. The molecule has 0 aliphatic carbocycles. The van der Waals surface area contributed by atoms with Crippen LogP contribution in [0.5, 0.6) is 17.2 Å². The second-order valence-electron chi connectivity index (χ2n) is 9.84. The highest BCUT2D eigenvalue weighted by Crippen LogP contribution is 2.43. The van der Waals surface area contributed by atoms with Gasteiger partial charge < -0.3 is 29.1 Å². The number of Topliss-reactive ketones (excluding diaryl/α,β-unsaturated/α-hetero) is 1. The summed E-state index contributed by atoms with van der Waals surface area (Å²) < 4.78 is 17.4. The number of ether oxygens (including phenoxy) is 3. The number of rotatable bonds is 11. The Morgan fingerprint density at radius 1 is 1.18 bits per heavy atom. The van der Waals surface area contributed by atoms with Crippen LogP contribution in [0.25, 0.3) is 5.76 Å². The topological polar surface area (TPSA) is 88.5 Å². The quantitative estimate of drug-likeness (QED) is 0.204. The summed E-state index contributed by atoms with van der Waals surface area (Å²) >= 11 is 0. The van der Waals surface area contributed by atoms with Crippen LogP contribution in [-0.2, 0) is 16.0 Å². The van der Waals surface area contributed by atoms with E-state index in [0.717, 1.165) is 17.9 Å². The molecule has 0 bridgehead atoms. The van der Waals surface area contributed by atoms with Crippen molar-refractivity contribution in [2.45, 2.75) is 38.8 Å². The van der Waals surface area contributed by atoms with Gasteiger partial charge in [0.1, 0.15) is 24.2 Å². The molecule has 1 saturated heterocycles. The van der Waals surface area contributed by atoms with E-state index in [1.807, 2.05) is 45.0 Å². The van der Waals surface area contributed by atoms with E-state index >= 15 is 0 Å². The third-order valence-electron chi connectivity index (χ3n) is 6.65. The van der Waals surface area contributed by atoms with Gasteiger partial charge in [-0.05, 0) is 82.4 Å². The largest absolute Gasteiger partial charge is 0.507 e. The Morgan fingerprint density at radius 2 is 1.97 bits per heavy atom. The lowest BCUT2D eigenvalue weighted by Crippen LogP contribution is -2.32. The predicted octanol–water partition coefficient (Wildman–Crippen LogP) is 4.35. The van der Waals surface area contributed by atoms with Gasteiger partial charge in [-0.3, -0.25) is 9.59 Å². The first-order chi connectivity index (χ1) is 18.2. The number of hydrogen-bond donors (Lipinski definition) is 1. The van der Waals surface area contributed by atoms with E-state index < -0.39 is 17.7 Å². The van der Waals surface area contributed by atoms with Gasteiger partial charge in [0, 0.05) is 18.5 Å². The smallest absolute Gasteiger partial charge is 0.295 e. The zero-order valence-corrected chi connectivity index (χ0v) is 22.5. The number of benzene rings is 2. The number of aliphatic hydroxyl groups excluding tert-OH is 1. The van der Waals surface area contributed by atoms with Crippen molar-refractivity contribution >= 4 is 17.4 Å². The van der Waals surface area contributed by atoms with Crippen molar-refractivity contribution in [1.82, 2.24) is 9.80 Å². The van der Waals surface area contributed by atoms with Gasteiger partial charge in [0.2, 0.25) is 0 Å². The molecule has 0 spiro atoms. The lowest BCUT2D eigenvalue weighted by molar-refractivity contribution is -0.139. The molecule has 0 saturated carbocycles. The molecule has 0 aromatic heterocycles. The molecule has 2 aliphatic rings. The number of carbonyl (C=O) groups is 2. The lowest BCUT2D eigenvalue weighted by atomic mass is 9.94. The van der Waals surface area contributed by atoms with Crippen molar-refractivity contribution in [3.8, 4) is 17.2 Å². The summed E-state index contributed by atoms with van der Waals surface area (Å²) in [6, 6.07) is 9.94. The number of fused-ring (bicyclic) bond motifs is 1. The molecule has 4 rings (SSSR count). The van der Waals surface area contributed by atoms with Crippen molar-refractivity contribution in [2.75, 3.05) is 40.4 Å². The average molecular weight is 521 g/mol. The molecule has 2 atom stereocenters. The van der Waals surface area contributed by atoms with Crippen molar-refractivity contribution in [1.29, 1.82) is 0 Å². The minimum atomic E-state index is -0.770. The van der Waals surface area contributed by atoms with Crippen LogP contribution in [0.4, 0.5) is 0 Å².